The van der Waals surface area contributed by atoms with Gasteiger partial charge in [-0.2, -0.15) is 4.76 Å². The molecule has 2 aliphatic rings. The Labute approximate surface area is 159 Å². The highest BCUT2D eigenvalue weighted by Crippen LogP contribution is 2.56. The van der Waals surface area contributed by atoms with Gasteiger partial charge in [0.1, 0.15) is 0 Å². The van der Waals surface area contributed by atoms with Gasteiger partial charge in [0, 0.05) is 40.3 Å². The largest absolute Gasteiger partial charge is 0.393 e. The Balaban J connectivity index is 2.29. The van der Waals surface area contributed by atoms with Crippen molar-refractivity contribution in [1.82, 2.24) is 14.5 Å². The zero-order valence-corrected chi connectivity index (χ0v) is 18.7. The summed E-state index contributed by atoms with van der Waals surface area (Å²) in [7, 11) is 0.570. The lowest BCUT2D eigenvalue weighted by atomic mass is 9.89. The number of morpholine rings is 1. The van der Waals surface area contributed by atoms with E-state index in [0.717, 1.165) is 25.5 Å². The molecular weight excluding hydrogens is 351 g/mol. The van der Waals surface area contributed by atoms with Gasteiger partial charge >= 0.3 is 7.67 Å². The minimum absolute atomic E-state index is 0.0416. The van der Waals surface area contributed by atoms with E-state index >= 15 is 0 Å². The van der Waals surface area contributed by atoms with E-state index in [1.54, 1.807) is 0 Å². The van der Waals surface area contributed by atoms with Gasteiger partial charge < -0.3 is 14.5 Å². The van der Waals surface area contributed by atoms with Crippen molar-refractivity contribution in [2.45, 2.75) is 59.7 Å². The molecule has 0 aromatic rings. The van der Waals surface area contributed by atoms with E-state index in [9.17, 15) is 4.57 Å². The van der Waals surface area contributed by atoms with Crippen LogP contribution in [0.25, 0.3) is 0 Å². The molecule has 0 N–H and O–H groups in total. The van der Waals surface area contributed by atoms with E-state index in [4.69, 9.17) is 9.26 Å². The van der Waals surface area contributed by atoms with E-state index in [-0.39, 0.29) is 11.5 Å². The van der Waals surface area contributed by atoms with Gasteiger partial charge in [0.25, 0.3) is 0 Å². The van der Waals surface area contributed by atoms with Gasteiger partial charge in [0.05, 0.1) is 18.3 Å². The Bertz CT molecular complexity index is 556. The second-order valence-electron chi connectivity index (χ2n) is 9.61. The van der Waals surface area contributed by atoms with Crippen molar-refractivity contribution < 1.29 is 13.8 Å². The average Bonchev–Trinajstić information content (AvgIpc) is 2.75. The fraction of sp³-hybridized carbons (Fsp3) is 0.944. The number of rotatable bonds is 4. The zero-order valence-electron chi connectivity index (χ0n) is 17.8. The van der Waals surface area contributed by atoms with Crippen molar-refractivity contribution in [3.8, 4) is 0 Å². The summed E-state index contributed by atoms with van der Waals surface area (Å²) in [5, 5.41) is 0. The molecule has 7 nitrogen and oxygen atoms in total. The second-order valence-corrected chi connectivity index (χ2v) is 11.5. The minimum Gasteiger partial charge on any atom is -0.376 e. The number of ether oxygens (including phenoxy) is 1. The molecule has 2 fully saturated rings. The maximum atomic E-state index is 13.9. The van der Waals surface area contributed by atoms with Crippen LogP contribution in [0.3, 0.4) is 0 Å². The number of hydrogen-bond donors (Lipinski definition) is 0. The molecule has 0 aliphatic carbocycles. The maximum absolute atomic E-state index is 13.9. The third-order valence-electron chi connectivity index (χ3n) is 4.38. The van der Waals surface area contributed by atoms with Crippen molar-refractivity contribution in [3.63, 3.8) is 0 Å². The normalized spacial score (nSPS) is 25.5. The van der Waals surface area contributed by atoms with Gasteiger partial charge in [0.15, 0.2) is 0 Å². The van der Waals surface area contributed by atoms with Crippen molar-refractivity contribution >= 4 is 13.6 Å². The number of nitrogens with zero attached hydrogens (tertiary/aromatic N) is 4. The van der Waals surface area contributed by atoms with Crippen molar-refractivity contribution in [1.29, 1.82) is 0 Å². The van der Waals surface area contributed by atoms with E-state index in [0.29, 0.717) is 19.7 Å². The molecule has 0 aromatic heterocycles. The molecule has 152 valence electrons. The molecule has 2 rings (SSSR count). The lowest BCUT2D eigenvalue weighted by Crippen LogP contribution is -2.43. The van der Waals surface area contributed by atoms with Gasteiger partial charge in [-0.1, -0.05) is 20.8 Å². The van der Waals surface area contributed by atoms with E-state index in [1.807, 2.05) is 49.3 Å². The Morgan fingerprint density at radius 3 is 2.19 bits per heavy atom. The number of hydrogen-bond acceptors (Lipinski definition) is 3. The minimum atomic E-state index is -3.39. The second kappa shape index (κ2) is 7.78. The average molecular weight is 388 g/mol. The Hall–Kier alpha value is -0.620. The summed E-state index contributed by atoms with van der Waals surface area (Å²) in [5.74, 6) is 0.733. The summed E-state index contributed by atoms with van der Waals surface area (Å²) in [4.78, 5) is 4.07. The topological polar surface area (TPSA) is 57.6 Å². The lowest BCUT2D eigenvalue weighted by molar-refractivity contribution is -0.0291. The SMILES string of the molecule is CN1CCN(C)C1=NP(=O)(OC(C)(C)C)N1CCO[C@@H](CC(C)(C)C)C1. The molecule has 0 saturated carbocycles. The van der Waals surface area contributed by atoms with Crippen molar-refractivity contribution in [2.24, 2.45) is 10.2 Å². The summed E-state index contributed by atoms with van der Waals surface area (Å²) in [5.41, 5.74) is -0.395. The zero-order chi connectivity index (χ0) is 19.8. The van der Waals surface area contributed by atoms with Crippen LogP contribution in [0.2, 0.25) is 0 Å². The van der Waals surface area contributed by atoms with Crippen LogP contribution in [-0.2, 0) is 13.8 Å². The molecule has 0 amide bonds. The van der Waals surface area contributed by atoms with E-state index < -0.39 is 13.3 Å². The molecule has 2 saturated heterocycles. The maximum Gasteiger partial charge on any atom is 0.393 e. The third kappa shape index (κ3) is 5.95. The highest BCUT2D eigenvalue weighted by molar-refractivity contribution is 7.55. The molecule has 0 aromatic carbocycles. The molecule has 2 aliphatic heterocycles. The van der Waals surface area contributed by atoms with Crippen molar-refractivity contribution in [3.05, 3.63) is 0 Å². The van der Waals surface area contributed by atoms with Crippen LogP contribution in [0.15, 0.2) is 4.76 Å². The van der Waals surface area contributed by atoms with Gasteiger partial charge in [-0.15, -0.1) is 0 Å². The predicted molar refractivity (Wildman–Crippen MR) is 107 cm³/mol. The Morgan fingerprint density at radius 2 is 1.69 bits per heavy atom. The molecule has 2 atom stereocenters. The summed E-state index contributed by atoms with van der Waals surface area (Å²) in [6.45, 7) is 15.8. The highest BCUT2D eigenvalue weighted by atomic mass is 31.2. The Kier molecular flexibility index (Phi) is 6.49. The molecular formula is C18H37N4O3P. The van der Waals surface area contributed by atoms with Crippen LogP contribution < -0.4 is 0 Å². The van der Waals surface area contributed by atoms with E-state index in [2.05, 4.69) is 25.5 Å². The monoisotopic (exact) mass is 388 g/mol. The van der Waals surface area contributed by atoms with Gasteiger partial charge in [-0.05, 0) is 32.6 Å². The molecule has 0 spiro atoms. The number of likely N-dealkylation sites (N-methyl/N-ethyl adjacent to an activating group) is 2. The highest BCUT2D eigenvalue weighted by Gasteiger charge is 2.41. The fourth-order valence-electron chi connectivity index (χ4n) is 3.30. The first-order valence-electron chi connectivity index (χ1n) is 9.49. The molecule has 0 bridgehead atoms. The van der Waals surface area contributed by atoms with Crippen LogP contribution in [0, 0.1) is 5.41 Å². The molecule has 26 heavy (non-hydrogen) atoms. The molecule has 1 unspecified atom stereocenters. The summed E-state index contributed by atoms with van der Waals surface area (Å²) in [6, 6.07) is 0. The van der Waals surface area contributed by atoms with Gasteiger partial charge in [-0.3, -0.25) is 4.52 Å². The first kappa shape index (κ1) is 21.7. The quantitative estimate of drug-likeness (QED) is 0.689. The first-order valence-corrected chi connectivity index (χ1v) is 11.0. The summed E-state index contributed by atoms with van der Waals surface area (Å²) < 4.78 is 32.6. The number of guanidine groups is 1. The molecule has 8 heteroatoms. The van der Waals surface area contributed by atoms with Crippen LogP contribution in [0.5, 0.6) is 0 Å². The summed E-state index contributed by atoms with van der Waals surface area (Å²) in [6.07, 6.45) is 0.954. The van der Waals surface area contributed by atoms with E-state index in [1.165, 1.54) is 0 Å². The molecule has 2 heterocycles. The predicted octanol–water partition coefficient (Wildman–Crippen LogP) is 3.28. The van der Waals surface area contributed by atoms with Crippen LogP contribution >= 0.6 is 7.67 Å². The smallest absolute Gasteiger partial charge is 0.376 e. The summed E-state index contributed by atoms with van der Waals surface area (Å²) >= 11 is 0. The van der Waals surface area contributed by atoms with Crippen LogP contribution in [-0.4, -0.2) is 79.0 Å². The van der Waals surface area contributed by atoms with Gasteiger partial charge in [0.2, 0.25) is 5.96 Å². The Morgan fingerprint density at radius 1 is 1.12 bits per heavy atom. The van der Waals surface area contributed by atoms with Crippen LogP contribution in [0.1, 0.15) is 48.0 Å². The molecule has 0 radical (unpaired) electrons. The first-order chi connectivity index (χ1) is 11.8. The van der Waals surface area contributed by atoms with Crippen LogP contribution in [0.4, 0.5) is 0 Å². The fourth-order valence-corrected chi connectivity index (χ4v) is 5.55. The van der Waals surface area contributed by atoms with Gasteiger partial charge in [-0.25, -0.2) is 9.24 Å². The third-order valence-corrected chi connectivity index (χ3v) is 6.67. The van der Waals surface area contributed by atoms with Crippen molar-refractivity contribution in [2.75, 3.05) is 46.9 Å². The standard InChI is InChI=1S/C18H37N4O3P/c1-17(2,3)13-15-14-22(11-12-24-15)26(23,25-18(4,5)6)19-16-20(7)9-10-21(16)8/h15H,9-14H2,1-8H3/t15-,26?/m0/s1. The lowest BCUT2D eigenvalue weighted by Gasteiger charge is -2.39.